The fourth-order valence-electron chi connectivity index (χ4n) is 1.56. The number of rotatable bonds is 3. The molecule has 1 aromatic heterocycles. The Hall–Kier alpha value is -0.810. The number of pyridine rings is 1. The Morgan fingerprint density at radius 3 is 2.59 bits per heavy atom. The van der Waals surface area contributed by atoms with Gasteiger partial charge in [-0.05, 0) is 59.3 Å². The largest absolute Gasteiger partial charge is 0.376 e. The second-order valence-corrected chi connectivity index (χ2v) is 5.36. The van der Waals surface area contributed by atoms with Crippen LogP contribution in [0.15, 0.2) is 42.6 Å². The Morgan fingerprint density at radius 2 is 1.94 bits per heavy atom. The standard InChI is InChI=1S/C13H12ClIN2/c1-9(10-4-6-11(15)7-5-10)17-12-3-2-8-16-13(12)14/h2-9,17H,1H3. The van der Waals surface area contributed by atoms with E-state index in [4.69, 9.17) is 11.6 Å². The Kier molecular flexibility index (Phi) is 4.23. The van der Waals surface area contributed by atoms with E-state index in [2.05, 4.69) is 64.1 Å². The number of anilines is 1. The molecule has 2 rings (SSSR count). The highest BCUT2D eigenvalue weighted by Crippen LogP contribution is 2.24. The normalized spacial score (nSPS) is 12.2. The number of nitrogens with zero attached hydrogens (tertiary/aromatic N) is 1. The molecule has 0 aliphatic heterocycles. The van der Waals surface area contributed by atoms with Crippen LogP contribution in [0, 0.1) is 3.57 Å². The zero-order valence-corrected chi connectivity index (χ0v) is 12.2. The van der Waals surface area contributed by atoms with Crippen molar-refractivity contribution >= 4 is 39.9 Å². The van der Waals surface area contributed by atoms with Crippen LogP contribution in [0.4, 0.5) is 5.69 Å². The summed E-state index contributed by atoms with van der Waals surface area (Å²) in [7, 11) is 0. The van der Waals surface area contributed by atoms with Crippen LogP contribution < -0.4 is 5.32 Å². The molecule has 2 aromatic rings. The molecule has 1 N–H and O–H groups in total. The van der Waals surface area contributed by atoms with Crippen LogP contribution in [0.25, 0.3) is 0 Å². The second kappa shape index (κ2) is 5.69. The van der Waals surface area contributed by atoms with Gasteiger partial charge >= 0.3 is 0 Å². The Bertz CT molecular complexity index is 499. The van der Waals surface area contributed by atoms with Gasteiger partial charge in [-0.15, -0.1) is 0 Å². The van der Waals surface area contributed by atoms with Crippen molar-refractivity contribution in [1.29, 1.82) is 0 Å². The van der Waals surface area contributed by atoms with Crippen LogP contribution in [-0.2, 0) is 0 Å². The molecule has 0 fully saturated rings. The summed E-state index contributed by atoms with van der Waals surface area (Å²) in [6.07, 6.45) is 1.68. The van der Waals surface area contributed by atoms with Gasteiger partial charge in [0, 0.05) is 15.8 Å². The summed E-state index contributed by atoms with van der Waals surface area (Å²) in [5, 5.41) is 3.85. The third kappa shape index (κ3) is 3.33. The van der Waals surface area contributed by atoms with E-state index in [1.54, 1.807) is 6.20 Å². The van der Waals surface area contributed by atoms with Gasteiger partial charge in [0.1, 0.15) is 0 Å². The Labute approximate surface area is 120 Å². The minimum atomic E-state index is 0.202. The van der Waals surface area contributed by atoms with E-state index >= 15 is 0 Å². The molecule has 0 amide bonds. The predicted octanol–water partition coefficient (Wildman–Crippen LogP) is 4.51. The van der Waals surface area contributed by atoms with Crippen LogP contribution in [0.5, 0.6) is 0 Å². The van der Waals surface area contributed by atoms with Gasteiger partial charge in [0.2, 0.25) is 0 Å². The predicted molar refractivity (Wildman–Crippen MR) is 80.4 cm³/mol. The van der Waals surface area contributed by atoms with Crippen molar-refractivity contribution in [2.24, 2.45) is 0 Å². The van der Waals surface area contributed by atoms with Gasteiger partial charge in [0.05, 0.1) is 5.69 Å². The lowest BCUT2D eigenvalue weighted by Crippen LogP contribution is -2.07. The van der Waals surface area contributed by atoms with Crippen molar-refractivity contribution < 1.29 is 0 Å². The van der Waals surface area contributed by atoms with Gasteiger partial charge in [-0.2, -0.15) is 0 Å². The van der Waals surface area contributed by atoms with Crippen molar-refractivity contribution in [1.82, 2.24) is 4.98 Å². The van der Waals surface area contributed by atoms with Crippen LogP contribution >= 0.6 is 34.2 Å². The number of benzene rings is 1. The molecule has 0 saturated carbocycles. The number of aromatic nitrogens is 1. The quantitative estimate of drug-likeness (QED) is 0.645. The first-order valence-electron chi connectivity index (χ1n) is 5.29. The van der Waals surface area contributed by atoms with E-state index in [1.165, 1.54) is 9.13 Å². The molecule has 1 atom stereocenters. The number of nitrogens with one attached hydrogen (secondary N) is 1. The Balaban J connectivity index is 2.14. The molecular weight excluding hydrogens is 347 g/mol. The zero-order valence-electron chi connectivity index (χ0n) is 9.32. The highest BCUT2D eigenvalue weighted by atomic mass is 127. The summed E-state index contributed by atoms with van der Waals surface area (Å²) in [6.45, 7) is 2.10. The van der Waals surface area contributed by atoms with Gasteiger partial charge in [0.15, 0.2) is 5.15 Å². The second-order valence-electron chi connectivity index (χ2n) is 3.76. The molecule has 1 aromatic carbocycles. The summed E-state index contributed by atoms with van der Waals surface area (Å²) < 4.78 is 1.23. The van der Waals surface area contributed by atoms with Crippen LogP contribution in [0.2, 0.25) is 5.15 Å². The lowest BCUT2D eigenvalue weighted by molar-refractivity contribution is 0.882. The smallest absolute Gasteiger partial charge is 0.152 e. The van der Waals surface area contributed by atoms with Gasteiger partial charge in [-0.1, -0.05) is 23.7 Å². The molecule has 0 aliphatic rings. The summed E-state index contributed by atoms with van der Waals surface area (Å²) in [5.74, 6) is 0. The van der Waals surface area contributed by atoms with Crippen molar-refractivity contribution in [3.05, 3.63) is 56.9 Å². The first kappa shape index (κ1) is 12.6. The van der Waals surface area contributed by atoms with E-state index in [1.807, 2.05) is 12.1 Å². The zero-order chi connectivity index (χ0) is 12.3. The topological polar surface area (TPSA) is 24.9 Å². The van der Waals surface area contributed by atoms with E-state index < -0.39 is 0 Å². The highest BCUT2D eigenvalue weighted by Gasteiger charge is 2.07. The summed E-state index contributed by atoms with van der Waals surface area (Å²) in [5.41, 5.74) is 2.09. The highest BCUT2D eigenvalue weighted by molar-refractivity contribution is 14.1. The van der Waals surface area contributed by atoms with Crippen molar-refractivity contribution in [2.45, 2.75) is 13.0 Å². The molecule has 1 unspecified atom stereocenters. The molecule has 88 valence electrons. The van der Waals surface area contributed by atoms with Crippen molar-refractivity contribution in [3.63, 3.8) is 0 Å². The van der Waals surface area contributed by atoms with E-state index in [0.29, 0.717) is 5.15 Å². The summed E-state index contributed by atoms with van der Waals surface area (Å²) >= 11 is 8.30. The number of halogens is 2. The van der Waals surface area contributed by atoms with Crippen molar-refractivity contribution in [3.8, 4) is 0 Å². The monoisotopic (exact) mass is 358 g/mol. The fourth-order valence-corrected chi connectivity index (χ4v) is 2.10. The van der Waals surface area contributed by atoms with Gasteiger partial charge in [0.25, 0.3) is 0 Å². The van der Waals surface area contributed by atoms with E-state index in [9.17, 15) is 0 Å². The summed E-state index contributed by atoms with van der Waals surface area (Å²) in [6, 6.07) is 12.4. The van der Waals surface area contributed by atoms with Crippen LogP contribution in [-0.4, -0.2) is 4.98 Å². The first-order valence-corrected chi connectivity index (χ1v) is 6.75. The number of hydrogen-bond acceptors (Lipinski definition) is 2. The maximum atomic E-state index is 6.01. The third-order valence-electron chi connectivity index (χ3n) is 2.50. The molecule has 0 bridgehead atoms. The maximum absolute atomic E-state index is 6.01. The van der Waals surface area contributed by atoms with E-state index in [-0.39, 0.29) is 6.04 Å². The molecule has 0 radical (unpaired) electrons. The van der Waals surface area contributed by atoms with Gasteiger partial charge in [-0.25, -0.2) is 4.98 Å². The third-order valence-corrected chi connectivity index (χ3v) is 3.52. The molecule has 0 saturated heterocycles. The van der Waals surface area contributed by atoms with Crippen molar-refractivity contribution in [2.75, 3.05) is 5.32 Å². The summed E-state index contributed by atoms with van der Waals surface area (Å²) in [4.78, 5) is 4.04. The maximum Gasteiger partial charge on any atom is 0.152 e. The molecule has 17 heavy (non-hydrogen) atoms. The molecule has 0 aliphatic carbocycles. The van der Waals surface area contributed by atoms with Crippen LogP contribution in [0.3, 0.4) is 0 Å². The average Bonchev–Trinajstić information content (AvgIpc) is 2.33. The molecule has 2 nitrogen and oxygen atoms in total. The molecule has 4 heteroatoms. The lowest BCUT2D eigenvalue weighted by Gasteiger charge is -2.16. The molecule has 1 heterocycles. The SMILES string of the molecule is CC(Nc1cccnc1Cl)c1ccc(I)cc1. The Morgan fingerprint density at radius 1 is 1.24 bits per heavy atom. The average molecular weight is 359 g/mol. The molecule has 0 spiro atoms. The van der Waals surface area contributed by atoms with E-state index in [0.717, 1.165) is 5.69 Å². The first-order chi connectivity index (χ1) is 8.16. The minimum Gasteiger partial charge on any atom is -0.376 e. The minimum absolute atomic E-state index is 0.202. The van der Waals surface area contributed by atoms with Gasteiger partial charge in [-0.3, -0.25) is 0 Å². The van der Waals surface area contributed by atoms with Crippen LogP contribution in [0.1, 0.15) is 18.5 Å². The number of hydrogen-bond donors (Lipinski definition) is 1. The fraction of sp³-hybridized carbons (Fsp3) is 0.154. The van der Waals surface area contributed by atoms with Gasteiger partial charge < -0.3 is 5.32 Å². The molecular formula is C13H12ClIN2. The lowest BCUT2D eigenvalue weighted by atomic mass is 10.1.